The van der Waals surface area contributed by atoms with Crippen molar-refractivity contribution < 1.29 is 4.74 Å². The molecule has 1 aromatic carbocycles. The van der Waals surface area contributed by atoms with Gasteiger partial charge in [-0.2, -0.15) is 0 Å². The SMILES string of the molecule is COC(C)Cn1c(CCl)nc2ccc(Br)cc21. The first kappa shape index (κ1) is 12.9. The first-order chi connectivity index (χ1) is 8.15. The molecule has 0 saturated heterocycles. The maximum atomic E-state index is 5.93. The minimum Gasteiger partial charge on any atom is -0.380 e. The Morgan fingerprint density at radius 1 is 1.53 bits per heavy atom. The first-order valence-corrected chi connectivity index (χ1v) is 6.72. The van der Waals surface area contributed by atoms with Gasteiger partial charge in [-0.05, 0) is 25.1 Å². The fourth-order valence-electron chi connectivity index (χ4n) is 1.78. The van der Waals surface area contributed by atoms with Gasteiger partial charge >= 0.3 is 0 Å². The van der Waals surface area contributed by atoms with E-state index in [2.05, 4.69) is 31.5 Å². The van der Waals surface area contributed by atoms with Crippen LogP contribution in [0.25, 0.3) is 11.0 Å². The number of imidazole rings is 1. The molecule has 1 unspecified atom stereocenters. The van der Waals surface area contributed by atoms with Crippen LogP contribution in [-0.2, 0) is 17.2 Å². The van der Waals surface area contributed by atoms with Gasteiger partial charge in [-0.25, -0.2) is 4.98 Å². The zero-order valence-corrected chi connectivity index (χ0v) is 12.1. The van der Waals surface area contributed by atoms with Crippen molar-refractivity contribution in [2.75, 3.05) is 7.11 Å². The lowest BCUT2D eigenvalue weighted by Gasteiger charge is -2.13. The number of benzene rings is 1. The molecule has 1 atom stereocenters. The van der Waals surface area contributed by atoms with Gasteiger partial charge in [0.25, 0.3) is 0 Å². The van der Waals surface area contributed by atoms with E-state index in [-0.39, 0.29) is 6.10 Å². The predicted molar refractivity (Wildman–Crippen MR) is 73.5 cm³/mol. The molecule has 92 valence electrons. The van der Waals surface area contributed by atoms with Crippen molar-refractivity contribution in [3.8, 4) is 0 Å². The number of ether oxygens (including phenoxy) is 1. The van der Waals surface area contributed by atoms with Crippen molar-refractivity contribution in [3.63, 3.8) is 0 Å². The van der Waals surface area contributed by atoms with Gasteiger partial charge in [0.05, 0.1) is 29.6 Å². The summed E-state index contributed by atoms with van der Waals surface area (Å²) >= 11 is 9.41. The van der Waals surface area contributed by atoms with E-state index >= 15 is 0 Å². The van der Waals surface area contributed by atoms with E-state index in [1.807, 2.05) is 19.1 Å². The molecule has 0 bridgehead atoms. The number of hydrogen-bond acceptors (Lipinski definition) is 2. The van der Waals surface area contributed by atoms with Crippen molar-refractivity contribution in [1.82, 2.24) is 9.55 Å². The van der Waals surface area contributed by atoms with Crippen LogP contribution in [0.5, 0.6) is 0 Å². The highest BCUT2D eigenvalue weighted by Crippen LogP contribution is 2.22. The third kappa shape index (κ3) is 2.64. The number of methoxy groups -OCH3 is 1. The Morgan fingerprint density at radius 3 is 2.94 bits per heavy atom. The smallest absolute Gasteiger partial charge is 0.124 e. The van der Waals surface area contributed by atoms with Gasteiger partial charge in [0.1, 0.15) is 5.82 Å². The van der Waals surface area contributed by atoms with Gasteiger partial charge < -0.3 is 9.30 Å². The normalized spacial score (nSPS) is 13.2. The number of hydrogen-bond donors (Lipinski definition) is 0. The molecular formula is C12H14BrClN2O. The Morgan fingerprint density at radius 2 is 2.29 bits per heavy atom. The van der Waals surface area contributed by atoms with Gasteiger partial charge in [0, 0.05) is 11.6 Å². The number of nitrogens with zero attached hydrogens (tertiary/aromatic N) is 2. The molecule has 2 rings (SSSR count). The first-order valence-electron chi connectivity index (χ1n) is 5.39. The molecule has 2 aromatic rings. The van der Waals surface area contributed by atoms with Crippen LogP contribution in [-0.4, -0.2) is 22.8 Å². The summed E-state index contributed by atoms with van der Waals surface area (Å²) in [4.78, 5) is 4.51. The van der Waals surface area contributed by atoms with Crippen molar-refractivity contribution in [3.05, 3.63) is 28.5 Å². The van der Waals surface area contributed by atoms with E-state index in [1.165, 1.54) is 0 Å². The molecule has 1 heterocycles. The van der Waals surface area contributed by atoms with E-state index in [4.69, 9.17) is 16.3 Å². The fraction of sp³-hybridized carbons (Fsp3) is 0.417. The van der Waals surface area contributed by atoms with Crippen LogP contribution in [0.15, 0.2) is 22.7 Å². The maximum Gasteiger partial charge on any atom is 0.124 e. The Bertz CT molecular complexity index is 526. The second-order valence-corrected chi connectivity index (χ2v) is 5.13. The highest BCUT2D eigenvalue weighted by Gasteiger charge is 2.12. The Balaban J connectivity index is 2.52. The molecule has 3 nitrogen and oxygen atoms in total. The highest BCUT2D eigenvalue weighted by molar-refractivity contribution is 9.10. The highest BCUT2D eigenvalue weighted by atomic mass is 79.9. The van der Waals surface area contributed by atoms with Crippen LogP contribution >= 0.6 is 27.5 Å². The third-order valence-electron chi connectivity index (χ3n) is 2.75. The summed E-state index contributed by atoms with van der Waals surface area (Å²) in [5.74, 6) is 1.28. The summed E-state index contributed by atoms with van der Waals surface area (Å²) in [7, 11) is 1.71. The molecule has 17 heavy (non-hydrogen) atoms. The molecule has 0 aliphatic rings. The lowest BCUT2D eigenvalue weighted by atomic mass is 10.3. The summed E-state index contributed by atoms with van der Waals surface area (Å²) in [6.07, 6.45) is 0.133. The number of alkyl halides is 1. The van der Waals surface area contributed by atoms with E-state index < -0.39 is 0 Å². The van der Waals surface area contributed by atoms with Crippen molar-refractivity contribution in [2.45, 2.75) is 25.5 Å². The quantitative estimate of drug-likeness (QED) is 0.806. The lowest BCUT2D eigenvalue weighted by molar-refractivity contribution is 0.103. The van der Waals surface area contributed by atoms with Crippen molar-refractivity contribution in [2.24, 2.45) is 0 Å². The molecule has 0 saturated carbocycles. The largest absolute Gasteiger partial charge is 0.380 e. The molecular weight excluding hydrogens is 304 g/mol. The molecule has 0 amide bonds. The van der Waals surface area contributed by atoms with Crippen LogP contribution < -0.4 is 0 Å². The monoisotopic (exact) mass is 316 g/mol. The second-order valence-electron chi connectivity index (χ2n) is 3.95. The van der Waals surface area contributed by atoms with E-state index in [0.717, 1.165) is 27.9 Å². The number of aromatic nitrogens is 2. The molecule has 0 aliphatic heterocycles. The van der Waals surface area contributed by atoms with Crippen LogP contribution in [0.2, 0.25) is 0 Å². The van der Waals surface area contributed by atoms with E-state index in [1.54, 1.807) is 7.11 Å². The predicted octanol–water partition coefficient (Wildman–Crippen LogP) is 3.57. The average Bonchev–Trinajstić information content (AvgIpc) is 2.67. The van der Waals surface area contributed by atoms with Gasteiger partial charge in [-0.1, -0.05) is 15.9 Å². The average molecular weight is 318 g/mol. The molecule has 0 radical (unpaired) electrons. The maximum absolute atomic E-state index is 5.93. The molecule has 0 fully saturated rings. The summed E-state index contributed by atoms with van der Waals surface area (Å²) in [6.45, 7) is 2.79. The van der Waals surface area contributed by atoms with Crippen LogP contribution in [0.1, 0.15) is 12.7 Å². The summed E-state index contributed by atoms with van der Waals surface area (Å²) in [5.41, 5.74) is 2.05. The second kappa shape index (κ2) is 5.38. The minimum absolute atomic E-state index is 0.133. The summed E-state index contributed by atoms with van der Waals surface area (Å²) in [6, 6.07) is 6.03. The molecule has 5 heteroatoms. The van der Waals surface area contributed by atoms with Crippen LogP contribution in [0.4, 0.5) is 0 Å². The topological polar surface area (TPSA) is 27.1 Å². The van der Waals surface area contributed by atoms with Gasteiger partial charge in [0.2, 0.25) is 0 Å². The van der Waals surface area contributed by atoms with Gasteiger partial charge in [-0.3, -0.25) is 0 Å². The van der Waals surface area contributed by atoms with Crippen molar-refractivity contribution in [1.29, 1.82) is 0 Å². The lowest BCUT2D eigenvalue weighted by Crippen LogP contribution is -2.16. The van der Waals surface area contributed by atoms with Crippen LogP contribution in [0, 0.1) is 0 Å². The van der Waals surface area contributed by atoms with Gasteiger partial charge in [0.15, 0.2) is 0 Å². The number of fused-ring (bicyclic) bond motifs is 1. The Labute approximate surface area is 114 Å². The molecule has 0 aliphatic carbocycles. The Kier molecular flexibility index (Phi) is 4.07. The van der Waals surface area contributed by atoms with E-state index in [9.17, 15) is 0 Å². The summed E-state index contributed by atoms with van der Waals surface area (Å²) in [5, 5.41) is 0. The van der Waals surface area contributed by atoms with Crippen LogP contribution in [0.3, 0.4) is 0 Å². The number of rotatable bonds is 4. The van der Waals surface area contributed by atoms with Gasteiger partial charge in [-0.15, -0.1) is 11.6 Å². The molecule has 1 aromatic heterocycles. The molecule has 0 N–H and O–H groups in total. The zero-order valence-electron chi connectivity index (χ0n) is 9.78. The summed E-state index contributed by atoms with van der Waals surface area (Å²) < 4.78 is 8.45. The Hall–Kier alpha value is -0.580. The number of halogens is 2. The third-order valence-corrected chi connectivity index (χ3v) is 3.48. The fourth-order valence-corrected chi connectivity index (χ4v) is 2.34. The van der Waals surface area contributed by atoms with Crippen molar-refractivity contribution >= 4 is 38.6 Å². The minimum atomic E-state index is 0.133. The standard InChI is InChI=1S/C12H14BrClN2O/c1-8(17-2)7-16-11-5-9(13)3-4-10(11)15-12(16)6-14/h3-5,8H,6-7H2,1-2H3. The van der Waals surface area contributed by atoms with E-state index in [0.29, 0.717) is 5.88 Å². The molecule has 0 spiro atoms. The zero-order chi connectivity index (χ0) is 12.4.